The number of nitrogens with zero attached hydrogens (tertiary/aromatic N) is 1. The molecule has 0 aliphatic heterocycles. The Bertz CT molecular complexity index is 216. The first kappa shape index (κ1) is 12.1. The summed E-state index contributed by atoms with van der Waals surface area (Å²) in [5.41, 5.74) is 0.758. The summed E-state index contributed by atoms with van der Waals surface area (Å²) in [5, 5.41) is 8.81. The molecule has 0 aromatic heterocycles. The minimum absolute atomic E-state index is 0.145. The van der Waals surface area contributed by atoms with Crippen molar-refractivity contribution in [2.24, 2.45) is 5.92 Å². The van der Waals surface area contributed by atoms with E-state index in [9.17, 15) is 0 Å². The number of hydrogen-bond donors (Lipinski definition) is 0. The molecule has 1 fully saturated rings. The van der Waals surface area contributed by atoms with Crippen molar-refractivity contribution >= 4 is 18.5 Å². The van der Waals surface area contributed by atoms with Crippen LogP contribution >= 0.6 is 11.1 Å². The Morgan fingerprint density at radius 3 is 2.50 bits per heavy atom. The van der Waals surface area contributed by atoms with Crippen molar-refractivity contribution in [1.82, 2.24) is 0 Å². The molecule has 0 saturated heterocycles. The smallest absolute Gasteiger partial charge is 0.157 e. The minimum atomic E-state index is -1.64. The lowest BCUT2D eigenvalue weighted by atomic mass is 10.0. The van der Waals surface area contributed by atoms with Crippen molar-refractivity contribution in [1.29, 1.82) is 5.26 Å². The van der Waals surface area contributed by atoms with Crippen molar-refractivity contribution in [2.45, 2.75) is 57.2 Å². The molecular weight excluding hydrogens is 210 g/mol. The molecule has 14 heavy (non-hydrogen) atoms. The molecule has 1 rings (SSSR count). The summed E-state index contributed by atoms with van der Waals surface area (Å²) in [6.45, 7) is 4.24. The van der Waals surface area contributed by atoms with Crippen molar-refractivity contribution in [3.05, 3.63) is 0 Å². The van der Waals surface area contributed by atoms with E-state index in [1.165, 1.54) is 32.1 Å². The summed E-state index contributed by atoms with van der Waals surface area (Å²) in [5.74, 6) is 0.145. The quantitative estimate of drug-likeness (QED) is 0.523. The first-order valence-electron chi connectivity index (χ1n) is 5.65. The Hall–Kier alpha value is -0.00312. The topological polar surface area (TPSA) is 23.8 Å². The van der Waals surface area contributed by atoms with Crippen LogP contribution < -0.4 is 0 Å². The highest BCUT2D eigenvalue weighted by Gasteiger charge is 2.36. The van der Waals surface area contributed by atoms with Crippen LogP contribution in [-0.4, -0.2) is 7.38 Å². The molecular formula is C11H20ClNSi. The van der Waals surface area contributed by atoms with Crippen LogP contribution in [0.4, 0.5) is 0 Å². The molecule has 0 N–H and O–H groups in total. The number of hydrogen-bond acceptors (Lipinski definition) is 1. The van der Waals surface area contributed by atoms with Gasteiger partial charge in [-0.3, -0.25) is 0 Å². The third-order valence-corrected chi connectivity index (χ3v) is 8.46. The van der Waals surface area contributed by atoms with Gasteiger partial charge in [-0.25, -0.2) is 0 Å². The first-order valence-corrected chi connectivity index (χ1v) is 9.44. The second-order valence-electron chi connectivity index (χ2n) is 4.85. The number of halogens is 1. The summed E-state index contributed by atoms with van der Waals surface area (Å²) in [4.78, 5) is 0. The van der Waals surface area contributed by atoms with E-state index in [0.717, 1.165) is 11.6 Å². The summed E-state index contributed by atoms with van der Waals surface area (Å²) in [6.07, 6.45) is 6.70. The predicted molar refractivity (Wildman–Crippen MR) is 63.9 cm³/mol. The van der Waals surface area contributed by atoms with Crippen molar-refractivity contribution in [2.75, 3.05) is 0 Å². The Kier molecular flexibility index (Phi) is 4.47. The van der Waals surface area contributed by atoms with Crippen molar-refractivity contribution < 1.29 is 0 Å². The normalized spacial score (nSPS) is 25.0. The molecule has 0 heterocycles. The molecule has 1 aliphatic carbocycles. The monoisotopic (exact) mass is 229 g/mol. The van der Waals surface area contributed by atoms with Gasteiger partial charge < -0.3 is 0 Å². The number of rotatable bonds is 3. The van der Waals surface area contributed by atoms with E-state index >= 15 is 0 Å². The van der Waals surface area contributed by atoms with Gasteiger partial charge in [-0.15, -0.1) is 0 Å². The van der Waals surface area contributed by atoms with Crippen molar-refractivity contribution in [3.63, 3.8) is 0 Å². The lowest BCUT2D eigenvalue weighted by Gasteiger charge is -2.33. The van der Waals surface area contributed by atoms with Gasteiger partial charge in [0.1, 0.15) is 0 Å². The second-order valence-corrected chi connectivity index (χ2v) is 11.2. The van der Waals surface area contributed by atoms with Gasteiger partial charge in [0.2, 0.25) is 0 Å². The Labute approximate surface area is 93.2 Å². The van der Waals surface area contributed by atoms with Gasteiger partial charge in [0, 0.05) is 5.92 Å². The van der Waals surface area contributed by atoms with Gasteiger partial charge in [-0.05, 0) is 18.5 Å². The molecule has 3 heteroatoms. The van der Waals surface area contributed by atoms with Crippen LogP contribution in [0.5, 0.6) is 0 Å². The van der Waals surface area contributed by atoms with E-state index < -0.39 is 7.38 Å². The molecule has 1 aliphatic rings. The van der Waals surface area contributed by atoms with Gasteiger partial charge in [-0.2, -0.15) is 16.3 Å². The molecule has 80 valence electrons. The van der Waals surface area contributed by atoms with E-state index in [-0.39, 0.29) is 5.92 Å². The van der Waals surface area contributed by atoms with Crippen LogP contribution in [0.2, 0.25) is 18.1 Å². The van der Waals surface area contributed by atoms with E-state index in [2.05, 4.69) is 12.6 Å². The van der Waals surface area contributed by atoms with E-state index in [1.54, 1.807) is 0 Å². The maximum atomic E-state index is 8.81. The molecule has 0 aromatic carbocycles. The zero-order valence-electron chi connectivity index (χ0n) is 9.22. The fourth-order valence-corrected chi connectivity index (χ4v) is 7.10. The lowest BCUT2D eigenvalue weighted by Crippen LogP contribution is -2.32. The summed E-state index contributed by atoms with van der Waals surface area (Å²) < 4.78 is 0. The molecule has 0 spiro atoms. The fourth-order valence-electron chi connectivity index (χ4n) is 2.52. The standard InChI is InChI=1S/C11H20ClNSi/c1-10(8-13)9-14(2,12)11-6-4-3-5-7-11/h10-11H,3-7,9H2,1-2H3. The van der Waals surface area contributed by atoms with Crippen LogP contribution in [0.3, 0.4) is 0 Å². The van der Waals surface area contributed by atoms with Crippen LogP contribution in [0.25, 0.3) is 0 Å². The molecule has 0 bridgehead atoms. The second kappa shape index (κ2) is 5.18. The highest BCUT2D eigenvalue weighted by atomic mass is 35.6. The lowest BCUT2D eigenvalue weighted by molar-refractivity contribution is 0.492. The van der Waals surface area contributed by atoms with Gasteiger partial charge in [0.05, 0.1) is 6.07 Å². The van der Waals surface area contributed by atoms with E-state index in [1.807, 2.05) is 6.92 Å². The van der Waals surface area contributed by atoms with Crippen LogP contribution in [0, 0.1) is 17.2 Å². The zero-order valence-corrected chi connectivity index (χ0v) is 11.0. The highest BCUT2D eigenvalue weighted by molar-refractivity contribution is 7.20. The summed E-state index contributed by atoms with van der Waals surface area (Å²) >= 11 is 6.68. The van der Waals surface area contributed by atoms with E-state index in [0.29, 0.717) is 0 Å². The first-order chi connectivity index (χ1) is 6.56. The van der Waals surface area contributed by atoms with Gasteiger partial charge in [-0.1, -0.05) is 38.7 Å². The Morgan fingerprint density at radius 1 is 1.43 bits per heavy atom. The molecule has 2 atom stereocenters. The highest BCUT2D eigenvalue weighted by Crippen LogP contribution is 2.42. The van der Waals surface area contributed by atoms with Crippen LogP contribution in [-0.2, 0) is 0 Å². The Morgan fingerprint density at radius 2 is 2.00 bits per heavy atom. The molecule has 0 aromatic rings. The SMILES string of the molecule is CC(C#N)C[Si](C)(Cl)C1CCCCC1. The summed E-state index contributed by atoms with van der Waals surface area (Å²) in [6, 6.07) is 3.28. The van der Waals surface area contributed by atoms with Crippen LogP contribution in [0.15, 0.2) is 0 Å². The largest absolute Gasteiger partial charge is 0.198 e. The number of nitriles is 1. The summed E-state index contributed by atoms with van der Waals surface area (Å²) in [7, 11) is -1.64. The zero-order chi connectivity index (χ0) is 10.6. The maximum Gasteiger partial charge on any atom is 0.157 e. The average molecular weight is 230 g/mol. The van der Waals surface area contributed by atoms with Gasteiger partial charge >= 0.3 is 0 Å². The minimum Gasteiger partial charge on any atom is -0.198 e. The third-order valence-electron chi connectivity index (χ3n) is 3.38. The molecule has 0 radical (unpaired) electrons. The molecule has 2 unspecified atom stereocenters. The molecule has 1 saturated carbocycles. The van der Waals surface area contributed by atoms with Gasteiger partial charge in [0.15, 0.2) is 7.38 Å². The van der Waals surface area contributed by atoms with Crippen LogP contribution in [0.1, 0.15) is 39.0 Å². The van der Waals surface area contributed by atoms with Crippen molar-refractivity contribution in [3.8, 4) is 6.07 Å². The average Bonchev–Trinajstić information content (AvgIpc) is 2.18. The Balaban J connectivity index is 2.50. The van der Waals surface area contributed by atoms with Gasteiger partial charge in [0.25, 0.3) is 0 Å². The third kappa shape index (κ3) is 3.29. The molecule has 1 nitrogen and oxygen atoms in total. The predicted octanol–water partition coefficient (Wildman–Crippen LogP) is 4.29. The fraction of sp³-hybridized carbons (Fsp3) is 0.909. The van der Waals surface area contributed by atoms with E-state index in [4.69, 9.17) is 16.3 Å². The molecule has 0 amide bonds. The maximum absolute atomic E-state index is 8.81.